The molecule has 1 aromatic rings. The fourth-order valence-corrected chi connectivity index (χ4v) is 5.41. The van der Waals surface area contributed by atoms with Crippen molar-refractivity contribution in [2.45, 2.75) is 13.0 Å². The maximum Gasteiger partial charge on any atom is 0.0914 e. The second-order valence-corrected chi connectivity index (χ2v) is 9.06. The molecule has 5 rings (SSSR count). The summed E-state index contributed by atoms with van der Waals surface area (Å²) in [4.78, 5) is 12.4. The maximum atomic E-state index is 9.30. The Morgan fingerprint density at radius 1 is 1.10 bits per heavy atom. The molecule has 1 atom stereocenters. The molecule has 1 aromatic carbocycles. The summed E-state index contributed by atoms with van der Waals surface area (Å²) in [6.45, 7) is 7.05. The number of rotatable bonds is 3. The number of piperazine rings is 1. The smallest absolute Gasteiger partial charge is 0.0914 e. The molecule has 1 aliphatic carbocycles. The Kier molecular flexibility index (Phi) is 5.35. The van der Waals surface area contributed by atoms with E-state index in [2.05, 4.69) is 76.4 Å². The lowest BCUT2D eigenvalue weighted by Gasteiger charge is -2.39. The quantitative estimate of drug-likeness (QED) is 0.716. The SMILES string of the molecule is CN1CCN(C2=C3CN(Cc4ccccc4)CC34CC(=CC#N)C=CC4=NC=C2)CC1. The molecule has 5 heteroatoms. The van der Waals surface area contributed by atoms with Crippen molar-refractivity contribution in [2.75, 3.05) is 46.3 Å². The molecule has 1 spiro atoms. The molecule has 0 amide bonds. The van der Waals surface area contributed by atoms with Crippen LogP contribution in [-0.2, 0) is 6.54 Å². The Bertz CT molecular complexity index is 1030. The van der Waals surface area contributed by atoms with Crippen molar-refractivity contribution in [2.24, 2.45) is 10.4 Å². The maximum absolute atomic E-state index is 9.30. The second-order valence-electron chi connectivity index (χ2n) is 9.06. The number of nitriles is 1. The third-order valence-electron chi connectivity index (χ3n) is 7.00. The zero-order valence-corrected chi connectivity index (χ0v) is 18.2. The average Bonchev–Trinajstić information content (AvgIpc) is 3.04. The Morgan fingerprint density at radius 3 is 2.68 bits per heavy atom. The number of likely N-dealkylation sites (N-methyl/N-ethyl adjacent to an activating group) is 1. The van der Waals surface area contributed by atoms with Crippen LogP contribution in [0.4, 0.5) is 0 Å². The predicted octanol–water partition coefficient (Wildman–Crippen LogP) is 3.37. The van der Waals surface area contributed by atoms with Gasteiger partial charge in [-0.15, -0.1) is 0 Å². The Morgan fingerprint density at radius 2 is 1.90 bits per heavy atom. The van der Waals surface area contributed by atoms with E-state index in [1.807, 2.05) is 6.20 Å². The van der Waals surface area contributed by atoms with E-state index in [4.69, 9.17) is 4.99 Å². The van der Waals surface area contributed by atoms with Crippen molar-refractivity contribution < 1.29 is 0 Å². The van der Waals surface area contributed by atoms with Gasteiger partial charge in [-0.1, -0.05) is 36.4 Å². The van der Waals surface area contributed by atoms with E-state index < -0.39 is 0 Å². The fourth-order valence-electron chi connectivity index (χ4n) is 5.41. The van der Waals surface area contributed by atoms with Gasteiger partial charge in [0.2, 0.25) is 0 Å². The van der Waals surface area contributed by atoms with Crippen LogP contribution in [0.1, 0.15) is 12.0 Å². The summed E-state index contributed by atoms with van der Waals surface area (Å²) in [6, 6.07) is 13.0. The van der Waals surface area contributed by atoms with Gasteiger partial charge in [-0.25, -0.2) is 0 Å². The highest BCUT2D eigenvalue weighted by atomic mass is 15.3. The van der Waals surface area contributed by atoms with E-state index in [0.29, 0.717) is 0 Å². The number of nitrogens with zero attached hydrogens (tertiary/aromatic N) is 5. The molecule has 0 N–H and O–H groups in total. The molecule has 4 aliphatic rings. The monoisotopic (exact) mass is 411 g/mol. The Labute approximate surface area is 185 Å². The first-order valence-electron chi connectivity index (χ1n) is 11.1. The van der Waals surface area contributed by atoms with Crippen LogP contribution in [0.15, 0.2) is 82.7 Å². The summed E-state index contributed by atoms with van der Waals surface area (Å²) in [5.74, 6) is 0. The molecule has 3 heterocycles. The van der Waals surface area contributed by atoms with E-state index in [9.17, 15) is 5.26 Å². The topological polar surface area (TPSA) is 45.9 Å². The van der Waals surface area contributed by atoms with Crippen molar-refractivity contribution >= 4 is 5.71 Å². The van der Waals surface area contributed by atoms with Gasteiger partial charge < -0.3 is 9.80 Å². The van der Waals surface area contributed by atoms with Crippen LogP contribution in [0.3, 0.4) is 0 Å². The van der Waals surface area contributed by atoms with Gasteiger partial charge in [0, 0.05) is 63.8 Å². The van der Waals surface area contributed by atoms with E-state index in [0.717, 1.165) is 63.5 Å². The third kappa shape index (κ3) is 3.78. The average molecular weight is 412 g/mol. The summed E-state index contributed by atoms with van der Waals surface area (Å²) >= 11 is 0. The van der Waals surface area contributed by atoms with Crippen molar-refractivity contribution in [3.63, 3.8) is 0 Å². The fraction of sp³-hybridized carbons (Fsp3) is 0.385. The lowest BCUT2D eigenvalue weighted by molar-refractivity contribution is 0.188. The van der Waals surface area contributed by atoms with E-state index >= 15 is 0 Å². The summed E-state index contributed by atoms with van der Waals surface area (Å²) in [5.41, 5.74) is 6.22. The van der Waals surface area contributed by atoms with Crippen LogP contribution in [0.25, 0.3) is 0 Å². The molecular formula is C26H29N5. The zero-order chi connectivity index (χ0) is 21.3. The van der Waals surface area contributed by atoms with Crippen LogP contribution in [0.2, 0.25) is 0 Å². The number of likely N-dealkylation sites (tertiary alicyclic amines) is 1. The van der Waals surface area contributed by atoms with Gasteiger partial charge in [0.15, 0.2) is 0 Å². The molecule has 0 aromatic heterocycles. The standard InChI is InChI=1S/C26H29N5/c1-29-13-15-31(16-14-29)24-10-12-28-25-8-7-21(9-11-27)17-26(25)20-30(19-23(24)26)18-22-5-3-2-4-6-22/h2-10,12H,13-20H2,1H3. The highest BCUT2D eigenvalue weighted by molar-refractivity contribution is 6.05. The van der Waals surface area contributed by atoms with E-state index in [1.54, 1.807) is 6.08 Å². The van der Waals surface area contributed by atoms with Crippen molar-refractivity contribution in [1.29, 1.82) is 5.26 Å². The first-order chi connectivity index (χ1) is 15.2. The van der Waals surface area contributed by atoms with Crippen LogP contribution >= 0.6 is 0 Å². The van der Waals surface area contributed by atoms with Crippen LogP contribution in [0, 0.1) is 16.7 Å². The van der Waals surface area contributed by atoms with Crippen molar-refractivity contribution in [3.8, 4) is 6.07 Å². The van der Waals surface area contributed by atoms with Crippen LogP contribution in [-0.4, -0.2) is 66.7 Å². The van der Waals surface area contributed by atoms with E-state index in [1.165, 1.54) is 16.8 Å². The Balaban J connectivity index is 1.56. The first-order valence-corrected chi connectivity index (χ1v) is 11.1. The van der Waals surface area contributed by atoms with E-state index in [-0.39, 0.29) is 5.41 Å². The molecule has 0 radical (unpaired) electrons. The van der Waals surface area contributed by atoms with Gasteiger partial charge in [-0.2, -0.15) is 5.26 Å². The number of benzene rings is 1. The number of aliphatic imine (C=N–C) groups is 1. The van der Waals surface area contributed by atoms with Gasteiger partial charge in [-0.05, 0) is 42.3 Å². The van der Waals surface area contributed by atoms with Gasteiger partial charge in [0.05, 0.1) is 17.2 Å². The molecule has 0 saturated carbocycles. The molecular weight excluding hydrogens is 382 g/mol. The van der Waals surface area contributed by atoms with Crippen LogP contribution < -0.4 is 0 Å². The highest BCUT2D eigenvalue weighted by Gasteiger charge is 2.49. The normalized spacial score (nSPS) is 27.7. The molecule has 5 nitrogen and oxygen atoms in total. The minimum atomic E-state index is -0.158. The molecule has 2 fully saturated rings. The first kappa shape index (κ1) is 20.0. The molecule has 0 bridgehead atoms. The number of hydrogen-bond donors (Lipinski definition) is 0. The zero-order valence-electron chi connectivity index (χ0n) is 18.2. The molecule has 31 heavy (non-hydrogen) atoms. The summed E-state index contributed by atoms with van der Waals surface area (Å²) in [5, 5.41) is 9.30. The molecule has 2 saturated heterocycles. The summed E-state index contributed by atoms with van der Waals surface area (Å²) in [7, 11) is 2.20. The lowest BCUT2D eigenvalue weighted by atomic mass is 9.69. The minimum absolute atomic E-state index is 0.158. The van der Waals surface area contributed by atoms with Gasteiger partial charge in [0.1, 0.15) is 0 Å². The second kappa shape index (κ2) is 8.30. The predicted molar refractivity (Wildman–Crippen MR) is 124 cm³/mol. The lowest BCUT2D eigenvalue weighted by Crippen LogP contribution is -2.45. The number of hydrogen-bond acceptors (Lipinski definition) is 5. The molecule has 3 aliphatic heterocycles. The number of allylic oxidation sites excluding steroid dienone is 5. The molecule has 158 valence electrons. The summed E-state index contributed by atoms with van der Waals surface area (Å²) < 4.78 is 0. The summed E-state index contributed by atoms with van der Waals surface area (Å²) in [6.07, 6.45) is 11.0. The third-order valence-corrected chi connectivity index (χ3v) is 7.00. The van der Waals surface area contributed by atoms with Crippen molar-refractivity contribution in [1.82, 2.24) is 14.7 Å². The highest BCUT2D eigenvalue weighted by Crippen LogP contribution is 2.48. The minimum Gasteiger partial charge on any atom is -0.369 e. The van der Waals surface area contributed by atoms with Crippen LogP contribution in [0.5, 0.6) is 0 Å². The molecule has 1 unspecified atom stereocenters. The largest absolute Gasteiger partial charge is 0.369 e. The van der Waals surface area contributed by atoms with Gasteiger partial charge in [-0.3, -0.25) is 9.89 Å². The van der Waals surface area contributed by atoms with Crippen molar-refractivity contribution in [3.05, 3.63) is 83.2 Å². The van der Waals surface area contributed by atoms with Gasteiger partial charge >= 0.3 is 0 Å². The Hall–Kier alpha value is -2.94. The van der Waals surface area contributed by atoms with Gasteiger partial charge in [0.25, 0.3) is 0 Å².